The molecule has 0 amide bonds. The highest BCUT2D eigenvalue weighted by atomic mass is 79.9. The predicted octanol–water partition coefficient (Wildman–Crippen LogP) is 1.92. The van der Waals surface area contributed by atoms with E-state index in [0.29, 0.717) is 0 Å². The molecule has 0 radical (unpaired) electrons. The summed E-state index contributed by atoms with van der Waals surface area (Å²) in [6.07, 6.45) is 1.12. The first-order valence-corrected chi connectivity index (χ1v) is 6.85. The van der Waals surface area contributed by atoms with Crippen LogP contribution in [0.3, 0.4) is 0 Å². The molecule has 1 aromatic rings. The smallest absolute Gasteiger partial charge is 0.0601 e. The van der Waals surface area contributed by atoms with Crippen LogP contribution in [0, 0.1) is 6.92 Å². The minimum absolute atomic E-state index is 0.181. The molecule has 2 N–H and O–H groups in total. The summed E-state index contributed by atoms with van der Waals surface area (Å²) < 4.78 is 1.12. The van der Waals surface area contributed by atoms with Gasteiger partial charge >= 0.3 is 0 Å². The van der Waals surface area contributed by atoms with E-state index in [1.807, 2.05) is 0 Å². The lowest BCUT2D eigenvalue weighted by Gasteiger charge is -2.27. The minimum atomic E-state index is 0.181. The van der Waals surface area contributed by atoms with Gasteiger partial charge in [-0.15, -0.1) is 0 Å². The van der Waals surface area contributed by atoms with Crippen molar-refractivity contribution in [1.82, 2.24) is 5.32 Å². The standard InChI is InChI=1S/C13H19BrN2O/c1-10-7-11(14)3-4-13(10)16-6-2-5-15-12(8-16)9-17/h3-4,7,12,15,17H,2,5-6,8-9H2,1H3. The highest BCUT2D eigenvalue weighted by Crippen LogP contribution is 2.24. The van der Waals surface area contributed by atoms with Gasteiger partial charge in [0.05, 0.1) is 6.61 Å². The number of aryl methyl sites for hydroxylation is 1. The Morgan fingerprint density at radius 1 is 1.53 bits per heavy atom. The van der Waals surface area contributed by atoms with Crippen LogP contribution >= 0.6 is 15.9 Å². The molecule has 1 atom stereocenters. The lowest BCUT2D eigenvalue weighted by atomic mass is 10.1. The van der Waals surface area contributed by atoms with E-state index in [2.05, 4.69) is 51.3 Å². The van der Waals surface area contributed by atoms with Crippen LogP contribution in [0.2, 0.25) is 0 Å². The van der Waals surface area contributed by atoms with Crippen molar-refractivity contribution >= 4 is 21.6 Å². The van der Waals surface area contributed by atoms with Gasteiger partial charge < -0.3 is 15.3 Å². The molecule has 0 spiro atoms. The third kappa shape index (κ3) is 3.21. The molecular weight excluding hydrogens is 280 g/mol. The fraction of sp³-hybridized carbons (Fsp3) is 0.538. The Hall–Kier alpha value is -0.580. The van der Waals surface area contributed by atoms with Gasteiger partial charge in [0.15, 0.2) is 0 Å². The summed E-state index contributed by atoms with van der Waals surface area (Å²) >= 11 is 3.49. The quantitative estimate of drug-likeness (QED) is 0.876. The molecule has 0 saturated carbocycles. The van der Waals surface area contributed by atoms with Crippen molar-refractivity contribution in [3.8, 4) is 0 Å². The number of rotatable bonds is 2. The predicted molar refractivity (Wildman–Crippen MR) is 74.6 cm³/mol. The van der Waals surface area contributed by atoms with Crippen LogP contribution in [0.25, 0.3) is 0 Å². The zero-order valence-electron chi connectivity index (χ0n) is 10.1. The molecule has 1 aromatic carbocycles. The average Bonchev–Trinajstić information content (AvgIpc) is 2.54. The Balaban J connectivity index is 2.19. The molecule has 1 aliphatic heterocycles. The average molecular weight is 299 g/mol. The zero-order valence-corrected chi connectivity index (χ0v) is 11.7. The van der Waals surface area contributed by atoms with E-state index < -0.39 is 0 Å². The number of aliphatic hydroxyl groups is 1. The van der Waals surface area contributed by atoms with Crippen molar-refractivity contribution in [2.24, 2.45) is 0 Å². The number of nitrogens with one attached hydrogen (secondary N) is 1. The van der Waals surface area contributed by atoms with Crippen molar-refractivity contribution in [3.05, 3.63) is 28.2 Å². The Kier molecular flexibility index (Phi) is 4.42. The van der Waals surface area contributed by atoms with Crippen LogP contribution in [0.5, 0.6) is 0 Å². The van der Waals surface area contributed by atoms with E-state index in [9.17, 15) is 5.11 Å². The monoisotopic (exact) mass is 298 g/mol. The molecule has 3 nitrogen and oxygen atoms in total. The number of benzene rings is 1. The van der Waals surface area contributed by atoms with Crippen molar-refractivity contribution in [2.75, 3.05) is 31.1 Å². The normalized spacial score (nSPS) is 21.4. The van der Waals surface area contributed by atoms with Crippen LogP contribution in [-0.4, -0.2) is 37.4 Å². The van der Waals surface area contributed by atoms with Crippen LogP contribution in [-0.2, 0) is 0 Å². The molecule has 0 aromatic heterocycles. The van der Waals surface area contributed by atoms with Gasteiger partial charge in [-0.05, 0) is 43.7 Å². The van der Waals surface area contributed by atoms with E-state index in [4.69, 9.17) is 0 Å². The summed E-state index contributed by atoms with van der Waals surface area (Å²) in [6, 6.07) is 6.55. The fourth-order valence-corrected chi connectivity index (χ4v) is 2.79. The number of aliphatic hydroxyl groups excluding tert-OH is 1. The molecule has 1 heterocycles. The summed E-state index contributed by atoms with van der Waals surface area (Å²) in [4.78, 5) is 2.36. The lowest BCUT2D eigenvalue weighted by Crippen LogP contribution is -2.40. The van der Waals surface area contributed by atoms with Crippen LogP contribution < -0.4 is 10.2 Å². The molecule has 1 unspecified atom stereocenters. The number of hydrogen-bond donors (Lipinski definition) is 2. The van der Waals surface area contributed by atoms with Gasteiger partial charge in [0.1, 0.15) is 0 Å². The van der Waals surface area contributed by atoms with Crippen LogP contribution in [0.15, 0.2) is 22.7 Å². The molecule has 4 heteroatoms. The number of halogens is 1. The van der Waals surface area contributed by atoms with Crippen molar-refractivity contribution in [1.29, 1.82) is 0 Å². The molecule has 1 fully saturated rings. The molecule has 2 rings (SSSR count). The summed E-state index contributed by atoms with van der Waals surface area (Å²) in [7, 11) is 0. The second-order valence-corrected chi connectivity index (χ2v) is 5.48. The van der Waals surface area contributed by atoms with Crippen LogP contribution in [0.1, 0.15) is 12.0 Å². The maximum Gasteiger partial charge on any atom is 0.0601 e. The second kappa shape index (κ2) is 5.85. The van der Waals surface area contributed by atoms with Gasteiger partial charge in [0.2, 0.25) is 0 Å². The molecule has 0 aliphatic carbocycles. The van der Waals surface area contributed by atoms with Gasteiger partial charge in [0.25, 0.3) is 0 Å². The maximum atomic E-state index is 9.30. The van der Waals surface area contributed by atoms with E-state index >= 15 is 0 Å². The molecule has 0 bridgehead atoms. The summed E-state index contributed by atoms with van der Waals surface area (Å²) in [5.74, 6) is 0. The second-order valence-electron chi connectivity index (χ2n) is 4.56. The molecule has 1 aliphatic rings. The Morgan fingerprint density at radius 3 is 3.06 bits per heavy atom. The Morgan fingerprint density at radius 2 is 2.35 bits per heavy atom. The van der Waals surface area contributed by atoms with Gasteiger partial charge in [-0.25, -0.2) is 0 Å². The minimum Gasteiger partial charge on any atom is -0.395 e. The van der Waals surface area contributed by atoms with Crippen molar-refractivity contribution in [3.63, 3.8) is 0 Å². The van der Waals surface area contributed by atoms with Gasteiger partial charge in [-0.2, -0.15) is 0 Å². The van der Waals surface area contributed by atoms with Gasteiger partial charge in [-0.3, -0.25) is 0 Å². The summed E-state index contributed by atoms with van der Waals surface area (Å²) in [5, 5.41) is 12.7. The van der Waals surface area contributed by atoms with E-state index in [-0.39, 0.29) is 12.6 Å². The third-order valence-corrected chi connectivity index (χ3v) is 3.69. The lowest BCUT2D eigenvalue weighted by molar-refractivity contribution is 0.248. The summed E-state index contributed by atoms with van der Waals surface area (Å²) in [6.45, 7) is 5.24. The van der Waals surface area contributed by atoms with Gasteiger partial charge in [0, 0.05) is 29.3 Å². The number of nitrogens with zero attached hydrogens (tertiary/aromatic N) is 1. The Labute approximate surface area is 111 Å². The number of hydrogen-bond acceptors (Lipinski definition) is 3. The molecule has 94 valence electrons. The maximum absolute atomic E-state index is 9.30. The molecule has 17 heavy (non-hydrogen) atoms. The van der Waals surface area contributed by atoms with E-state index in [0.717, 1.165) is 30.5 Å². The van der Waals surface area contributed by atoms with Crippen molar-refractivity contribution in [2.45, 2.75) is 19.4 Å². The highest BCUT2D eigenvalue weighted by Gasteiger charge is 2.18. The molecule has 1 saturated heterocycles. The molecular formula is C13H19BrN2O. The number of anilines is 1. The summed E-state index contributed by atoms with van der Waals surface area (Å²) in [5.41, 5.74) is 2.55. The largest absolute Gasteiger partial charge is 0.395 e. The fourth-order valence-electron chi connectivity index (χ4n) is 2.31. The first-order chi connectivity index (χ1) is 8.20. The third-order valence-electron chi connectivity index (χ3n) is 3.20. The SMILES string of the molecule is Cc1cc(Br)ccc1N1CCCNC(CO)C1. The zero-order chi connectivity index (χ0) is 12.3. The van der Waals surface area contributed by atoms with Gasteiger partial charge in [-0.1, -0.05) is 15.9 Å². The van der Waals surface area contributed by atoms with Crippen LogP contribution in [0.4, 0.5) is 5.69 Å². The van der Waals surface area contributed by atoms with E-state index in [1.165, 1.54) is 11.3 Å². The topological polar surface area (TPSA) is 35.5 Å². The first-order valence-electron chi connectivity index (χ1n) is 6.06. The van der Waals surface area contributed by atoms with Crippen molar-refractivity contribution < 1.29 is 5.11 Å². The first kappa shape index (κ1) is 12.9. The van der Waals surface area contributed by atoms with E-state index in [1.54, 1.807) is 0 Å². The highest BCUT2D eigenvalue weighted by molar-refractivity contribution is 9.10. The Bertz CT molecular complexity index is 384.